The number of carbonyl (C=O) groups is 1. The van der Waals surface area contributed by atoms with Crippen molar-refractivity contribution in [2.45, 2.75) is 6.54 Å². The van der Waals surface area contributed by atoms with Gasteiger partial charge in [0.1, 0.15) is 16.9 Å². The van der Waals surface area contributed by atoms with Crippen LogP contribution in [0.25, 0.3) is 0 Å². The van der Waals surface area contributed by atoms with Crippen molar-refractivity contribution in [2.75, 3.05) is 0 Å². The number of rotatable bonds is 4. The molecular weight excluding hydrogens is 362 g/mol. The molecule has 0 aliphatic carbocycles. The second-order valence-corrected chi connectivity index (χ2v) is 5.40. The number of halogens is 2. The zero-order chi connectivity index (χ0) is 15.4. The molecule has 0 saturated heterocycles. The van der Waals surface area contributed by atoms with E-state index in [0.717, 1.165) is 16.2 Å². The molecule has 1 aromatic heterocycles. The van der Waals surface area contributed by atoms with Gasteiger partial charge < -0.3 is 5.32 Å². The predicted molar refractivity (Wildman–Crippen MR) is 81.2 cm³/mol. The summed E-state index contributed by atoms with van der Waals surface area (Å²) in [5.41, 5.74) is 0.363. The van der Waals surface area contributed by atoms with E-state index in [1.165, 1.54) is 6.07 Å². The van der Waals surface area contributed by atoms with Crippen LogP contribution in [0.5, 0.6) is 0 Å². The Morgan fingerprint density at radius 3 is 2.86 bits per heavy atom. The first-order valence-corrected chi connectivity index (χ1v) is 6.97. The zero-order valence-electron chi connectivity index (χ0n) is 10.5. The monoisotopic (exact) mass is 369 g/mol. The van der Waals surface area contributed by atoms with Crippen molar-refractivity contribution >= 4 is 39.1 Å². The van der Waals surface area contributed by atoms with Gasteiger partial charge in [0, 0.05) is 11.0 Å². The second-order valence-electron chi connectivity index (χ2n) is 4.09. The van der Waals surface area contributed by atoms with Gasteiger partial charge in [0.05, 0.1) is 4.92 Å². The third-order valence-corrected chi connectivity index (χ3v) is 3.33. The smallest absolute Gasteiger partial charge is 0.300 e. The van der Waals surface area contributed by atoms with E-state index in [0.29, 0.717) is 0 Å². The van der Waals surface area contributed by atoms with Crippen molar-refractivity contribution in [1.29, 1.82) is 0 Å². The fourth-order valence-corrected chi connectivity index (χ4v) is 2.28. The first-order chi connectivity index (χ1) is 9.97. The normalized spacial score (nSPS) is 10.2. The van der Waals surface area contributed by atoms with Crippen LogP contribution in [0, 0.1) is 10.1 Å². The highest BCUT2D eigenvalue weighted by Crippen LogP contribution is 2.20. The number of pyridine rings is 1. The summed E-state index contributed by atoms with van der Waals surface area (Å²) in [6.07, 6.45) is 0.969. The number of benzene rings is 1. The number of aromatic nitrogens is 1. The average Bonchev–Trinajstić information content (AvgIpc) is 2.44. The van der Waals surface area contributed by atoms with Gasteiger partial charge in [-0.15, -0.1) is 0 Å². The van der Waals surface area contributed by atoms with Gasteiger partial charge in [0.25, 0.3) is 11.6 Å². The van der Waals surface area contributed by atoms with Crippen LogP contribution in [-0.4, -0.2) is 15.8 Å². The Morgan fingerprint density at radius 2 is 2.19 bits per heavy atom. The predicted octanol–water partition coefficient (Wildman–Crippen LogP) is 3.34. The Balaban J connectivity index is 2.17. The Morgan fingerprint density at radius 1 is 1.43 bits per heavy atom. The standard InChI is InChI=1S/C13H9BrClN3O3/c14-9-3-1-2-8(4-9)6-17-13(19)10-5-12(15)16-7-11(10)18(20)21/h1-5,7H,6H2,(H,17,19). The molecule has 108 valence electrons. The lowest BCUT2D eigenvalue weighted by Gasteiger charge is -2.06. The van der Waals surface area contributed by atoms with E-state index in [2.05, 4.69) is 26.2 Å². The first kappa shape index (κ1) is 15.4. The van der Waals surface area contributed by atoms with E-state index in [1.54, 1.807) is 0 Å². The number of hydrogen-bond donors (Lipinski definition) is 1. The van der Waals surface area contributed by atoms with Gasteiger partial charge in [-0.3, -0.25) is 14.9 Å². The molecule has 0 aliphatic heterocycles. The Hall–Kier alpha value is -1.99. The van der Waals surface area contributed by atoms with Gasteiger partial charge in [0.15, 0.2) is 0 Å². The fraction of sp³-hybridized carbons (Fsp3) is 0.0769. The summed E-state index contributed by atoms with van der Waals surface area (Å²) in [4.78, 5) is 25.9. The maximum atomic E-state index is 12.1. The largest absolute Gasteiger partial charge is 0.348 e. The van der Waals surface area contributed by atoms with Gasteiger partial charge in [-0.05, 0) is 23.8 Å². The van der Waals surface area contributed by atoms with E-state index in [-0.39, 0.29) is 22.9 Å². The topological polar surface area (TPSA) is 85.1 Å². The molecule has 1 N–H and O–H groups in total. The van der Waals surface area contributed by atoms with Crippen molar-refractivity contribution < 1.29 is 9.72 Å². The van der Waals surface area contributed by atoms with Crippen LogP contribution >= 0.6 is 27.5 Å². The second kappa shape index (κ2) is 6.64. The minimum Gasteiger partial charge on any atom is -0.348 e. The minimum absolute atomic E-state index is 0.0215. The molecule has 0 unspecified atom stereocenters. The van der Waals surface area contributed by atoms with Gasteiger partial charge in [-0.1, -0.05) is 39.7 Å². The lowest BCUT2D eigenvalue weighted by atomic mass is 10.2. The molecule has 1 aromatic carbocycles. The van der Waals surface area contributed by atoms with Crippen LogP contribution in [0.15, 0.2) is 41.0 Å². The Kier molecular flexibility index (Phi) is 4.87. The quantitative estimate of drug-likeness (QED) is 0.508. The molecule has 0 bridgehead atoms. The molecule has 0 radical (unpaired) electrons. The van der Waals surface area contributed by atoms with Crippen LogP contribution in [-0.2, 0) is 6.54 Å². The van der Waals surface area contributed by atoms with Crippen molar-refractivity contribution in [1.82, 2.24) is 10.3 Å². The van der Waals surface area contributed by atoms with Crippen LogP contribution < -0.4 is 5.32 Å². The van der Waals surface area contributed by atoms with Crippen molar-refractivity contribution in [3.63, 3.8) is 0 Å². The molecule has 1 amide bonds. The van der Waals surface area contributed by atoms with Gasteiger partial charge >= 0.3 is 0 Å². The third kappa shape index (κ3) is 3.99. The highest BCUT2D eigenvalue weighted by molar-refractivity contribution is 9.10. The molecule has 0 fully saturated rings. The highest BCUT2D eigenvalue weighted by atomic mass is 79.9. The summed E-state index contributed by atoms with van der Waals surface area (Å²) in [6, 6.07) is 8.54. The highest BCUT2D eigenvalue weighted by Gasteiger charge is 2.21. The molecular formula is C13H9BrClN3O3. The fourth-order valence-electron chi connectivity index (χ4n) is 1.67. The number of carbonyl (C=O) groups excluding carboxylic acids is 1. The van der Waals surface area contributed by atoms with E-state index in [9.17, 15) is 14.9 Å². The number of nitro groups is 1. The molecule has 6 nitrogen and oxygen atoms in total. The van der Waals surface area contributed by atoms with Crippen molar-refractivity contribution in [3.8, 4) is 0 Å². The molecule has 21 heavy (non-hydrogen) atoms. The number of hydrogen-bond acceptors (Lipinski definition) is 4. The Labute approximate surface area is 133 Å². The van der Waals surface area contributed by atoms with E-state index in [4.69, 9.17) is 11.6 Å². The minimum atomic E-state index is -0.669. The van der Waals surface area contributed by atoms with E-state index >= 15 is 0 Å². The molecule has 2 aromatic rings. The molecule has 2 rings (SSSR count). The van der Waals surface area contributed by atoms with Crippen LogP contribution in [0.2, 0.25) is 5.15 Å². The molecule has 0 atom stereocenters. The Bertz CT molecular complexity index is 709. The van der Waals surface area contributed by atoms with Gasteiger partial charge in [0.2, 0.25) is 0 Å². The maximum Gasteiger partial charge on any atom is 0.300 e. The van der Waals surface area contributed by atoms with Crippen LogP contribution in [0.1, 0.15) is 15.9 Å². The summed E-state index contributed by atoms with van der Waals surface area (Å²) in [5, 5.41) is 13.5. The molecule has 0 aliphatic rings. The first-order valence-electron chi connectivity index (χ1n) is 5.80. The molecule has 1 heterocycles. The lowest BCUT2D eigenvalue weighted by Crippen LogP contribution is -2.23. The van der Waals surface area contributed by atoms with Crippen molar-refractivity contribution in [2.24, 2.45) is 0 Å². The molecule has 0 spiro atoms. The van der Waals surface area contributed by atoms with E-state index in [1.807, 2.05) is 24.3 Å². The summed E-state index contributed by atoms with van der Waals surface area (Å²) in [7, 11) is 0. The summed E-state index contributed by atoms with van der Waals surface area (Å²) >= 11 is 9.01. The number of amides is 1. The summed E-state index contributed by atoms with van der Waals surface area (Å²) < 4.78 is 0.882. The van der Waals surface area contributed by atoms with Gasteiger partial charge in [-0.2, -0.15) is 0 Å². The molecule has 0 saturated carbocycles. The van der Waals surface area contributed by atoms with Gasteiger partial charge in [-0.25, -0.2) is 4.98 Å². The summed E-state index contributed by atoms with van der Waals surface area (Å²) in [6.45, 7) is 0.245. The number of nitrogens with zero attached hydrogens (tertiary/aromatic N) is 2. The van der Waals surface area contributed by atoms with Crippen molar-refractivity contribution in [3.05, 3.63) is 67.4 Å². The third-order valence-electron chi connectivity index (χ3n) is 2.63. The molecule has 8 heteroatoms. The summed E-state index contributed by atoms with van der Waals surface area (Å²) in [5.74, 6) is -0.578. The average molecular weight is 371 g/mol. The zero-order valence-corrected chi connectivity index (χ0v) is 12.9. The lowest BCUT2D eigenvalue weighted by molar-refractivity contribution is -0.385. The van der Waals surface area contributed by atoms with E-state index < -0.39 is 10.8 Å². The van der Waals surface area contributed by atoms with Crippen LogP contribution in [0.3, 0.4) is 0 Å². The number of nitrogens with one attached hydrogen (secondary N) is 1. The SMILES string of the molecule is O=C(NCc1cccc(Br)c1)c1cc(Cl)ncc1[N+](=O)[O-]. The van der Waals surface area contributed by atoms with Crippen LogP contribution in [0.4, 0.5) is 5.69 Å². The maximum absolute atomic E-state index is 12.1.